The summed E-state index contributed by atoms with van der Waals surface area (Å²) in [5.41, 5.74) is 1.46. The van der Waals surface area contributed by atoms with E-state index in [-0.39, 0.29) is 12.3 Å². The molecular weight excluding hydrogens is 226 g/mol. The molecule has 0 aliphatic heterocycles. The van der Waals surface area contributed by atoms with Crippen LogP contribution >= 0.6 is 11.6 Å². The van der Waals surface area contributed by atoms with Gasteiger partial charge in [0.2, 0.25) is 5.91 Å². The molecule has 0 radical (unpaired) electrons. The Morgan fingerprint density at radius 1 is 1.44 bits per heavy atom. The van der Waals surface area contributed by atoms with Crippen molar-refractivity contribution in [3.05, 3.63) is 47.2 Å². The van der Waals surface area contributed by atoms with Gasteiger partial charge >= 0.3 is 0 Å². The smallest absolute Gasteiger partial charge is 0.228 e. The number of nitrogens with zero attached hydrogens (tertiary/aromatic N) is 1. The minimum atomic E-state index is -0.116. The largest absolute Gasteiger partial charge is 0.323 e. The highest BCUT2D eigenvalue weighted by atomic mass is 35.5. The number of nitrogens with one attached hydrogen (secondary N) is 2. The van der Waals surface area contributed by atoms with Crippen LogP contribution in [0.1, 0.15) is 5.56 Å². The minimum absolute atomic E-state index is 0.116. The molecule has 0 saturated heterocycles. The molecule has 1 heterocycles. The van der Waals surface area contributed by atoms with Crippen LogP contribution < -0.4 is 5.32 Å². The second-order valence-electron chi connectivity index (χ2n) is 3.30. The fourth-order valence-electron chi connectivity index (χ4n) is 1.34. The van der Waals surface area contributed by atoms with Gasteiger partial charge in [-0.25, -0.2) is 0 Å². The van der Waals surface area contributed by atoms with Gasteiger partial charge in [-0.15, -0.1) is 0 Å². The lowest BCUT2D eigenvalue weighted by molar-refractivity contribution is -0.115. The highest BCUT2D eigenvalue weighted by molar-refractivity contribution is 6.31. The first-order valence-electron chi connectivity index (χ1n) is 4.78. The van der Waals surface area contributed by atoms with E-state index in [1.807, 2.05) is 18.2 Å². The molecule has 1 amide bonds. The zero-order chi connectivity index (χ0) is 11.4. The van der Waals surface area contributed by atoms with Crippen LogP contribution in [0, 0.1) is 0 Å². The molecule has 0 unspecified atom stereocenters. The molecule has 0 fully saturated rings. The van der Waals surface area contributed by atoms with Gasteiger partial charge in [0, 0.05) is 11.2 Å². The molecule has 16 heavy (non-hydrogen) atoms. The Morgan fingerprint density at radius 3 is 2.94 bits per heavy atom. The maximum Gasteiger partial charge on any atom is 0.228 e. The van der Waals surface area contributed by atoms with Gasteiger partial charge < -0.3 is 5.32 Å². The number of H-pyrrole nitrogens is 1. The van der Waals surface area contributed by atoms with Crippen molar-refractivity contribution in [3.63, 3.8) is 0 Å². The fourth-order valence-corrected chi connectivity index (χ4v) is 1.54. The molecule has 4 nitrogen and oxygen atoms in total. The summed E-state index contributed by atoms with van der Waals surface area (Å²) in [6.07, 6.45) is 3.42. The molecule has 0 aliphatic rings. The Balaban J connectivity index is 2.00. The SMILES string of the molecule is O=C(Cc1ccccc1Cl)Nc1cn[nH]c1. The van der Waals surface area contributed by atoms with Crippen molar-refractivity contribution in [3.8, 4) is 0 Å². The van der Waals surface area contributed by atoms with E-state index in [4.69, 9.17) is 11.6 Å². The third-order valence-corrected chi connectivity index (χ3v) is 2.46. The number of hydrogen-bond acceptors (Lipinski definition) is 2. The van der Waals surface area contributed by atoms with Crippen molar-refractivity contribution >= 4 is 23.2 Å². The Hall–Kier alpha value is -1.81. The number of amides is 1. The number of carbonyl (C=O) groups excluding carboxylic acids is 1. The molecule has 2 rings (SSSR count). The van der Waals surface area contributed by atoms with E-state index in [2.05, 4.69) is 15.5 Å². The van der Waals surface area contributed by atoms with Gasteiger partial charge in [0.25, 0.3) is 0 Å². The summed E-state index contributed by atoms with van der Waals surface area (Å²) >= 11 is 5.95. The van der Waals surface area contributed by atoms with Crippen LogP contribution in [0.25, 0.3) is 0 Å². The van der Waals surface area contributed by atoms with Gasteiger partial charge in [-0.1, -0.05) is 29.8 Å². The molecule has 0 aliphatic carbocycles. The van der Waals surface area contributed by atoms with Crippen LogP contribution in [0.15, 0.2) is 36.7 Å². The second-order valence-corrected chi connectivity index (χ2v) is 3.71. The van der Waals surface area contributed by atoms with E-state index in [1.165, 1.54) is 0 Å². The number of carbonyl (C=O) groups is 1. The van der Waals surface area contributed by atoms with E-state index < -0.39 is 0 Å². The Morgan fingerprint density at radius 2 is 2.25 bits per heavy atom. The van der Waals surface area contributed by atoms with Crippen molar-refractivity contribution in [1.82, 2.24) is 10.2 Å². The van der Waals surface area contributed by atoms with Crippen molar-refractivity contribution in [2.45, 2.75) is 6.42 Å². The number of hydrogen-bond donors (Lipinski definition) is 2. The summed E-state index contributed by atoms with van der Waals surface area (Å²) in [5.74, 6) is -0.116. The average Bonchev–Trinajstić information content (AvgIpc) is 2.74. The summed E-state index contributed by atoms with van der Waals surface area (Å²) < 4.78 is 0. The zero-order valence-electron chi connectivity index (χ0n) is 8.40. The first kappa shape index (κ1) is 10.7. The topological polar surface area (TPSA) is 57.8 Å². The number of rotatable bonds is 3. The zero-order valence-corrected chi connectivity index (χ0v) is 9.16. The molecule has 0 saturated carbocycles. The first-order valence-corrected chi connectivity index (χ1v) is 5.15. The normalized spacial score (nSPS) is 10.1. The van der Waals surface area contributed by atoms with Crippen LogP contribution in [0.3, 0.4) is 0 Å². The molecule has 1 aromatic heterocycles. The van der Waals surface area contributed by atoms with Crippen LogP contribution in [0.4, 0.5) is 5.69 Å². The third-order valence-electron chi connectivity index (χ3n) is 2.09. The van der Waals surface area contributed by atoms with Crippen LogP contribution in [-0.2, 0) is 11.2 Å². The third kappa shape index (κ3) is 2.61. The van der Waals surface area contributed by atoms with Crippen LogP contribution in [0.5, 0.6) is 0 Å². The summed E-state index contributed by atoms with van der Waals surface area (Å²) in [6, 6.07) is 7.28. The summed E-state index contributed by atoms with van der Waals surface area (Å²) in [5, 5.41) is 9.66. The number of benzene rings is 1. The van der Waals surface area contributed by atoms with Gasteiger partial charge in [-0.2, -0.15) is 5.10 Å². The number of halogens is 1. The highest BCUT2D eigenvalue weighted by Crippen LogP contribution is 2.15. The maximum atomic E-state index is 11.6. The predicted octanol–water partition coefficient (Wildman–Crippen LogP) is 2.24. The molecule has 5 heteroatoms. The lowest BCUT2D eigenvalue weighted by atomic mass is 10.1. The maximum absolute atomic E-state index is 11.6. The Labute approximate surface area is 97.6 Å². The lowest BCUT2D eigenvalue weighted by Crippen LogP contribution is -2.14. The second kappa shape index (κ2) is 4.81. The molecule has 0 spiro atoms. The van der Waals surface area contributed by atoms with Crippen LogP contribution in [0.2, 0.25) is 5.02 Å². The van der Waals surface area contributed by atoms with Gasteiger partial charge in [0.15, 0.2) is 0 Å². The number of aromatic nitrogens is 2. The summed E-state index contributed by atoms with van der Waals surface area (Å²) in [4.78, 5) is 11.6. The van der Waals surface area contributed by atoms with E-state index in [1.54, 1.807) is 18.5 Å². The van der Waals surface area contributed by atoms with Gasteiger partial charge in [0.1, 0.15) is 0 Å². The van der Waals surface area contributed by atoms with Crippen molar-refractivity contribution in [2.75, 3.05) is 5.32 Å². The van der Waals surface area contributed by atoms with Gasteiger partial charge in [0.05, 0.1) is 18.3 Å². The Kier molecular flexibility index (Phi) is 3.22. The molecular formula is C11H10ClN3O. The molecule has 0 bridgehead atoms. The molecule has 2 aromatic rings. The quantitative estimate of drug-likeness (QED) is 0.857. The Bertz CT molecular complexity index is 482. The number of anilines is 1. The van der Waals surface area contributed by atoms with Crippen LogP contribution in [-0.4, -0.2) is 16.1 Å². The van der Waals surface area contributed by atoms with Crippen molar-refractivity contribution in [2.24, 2.45) is 0 Å². The van der Waals surface area contributed by atoms with Crippen molar-refractivity contribution in [1.29, 1.82) is 0 Å². The standard InChI is InChI=1S/C11H10ClN3O/c12-10-4-2-1-3-8(10)5-11(16)15-9-6-13-14-7-9/h1-4,6-7H,5H2,(H,13,14)(H,15,16). The lowest BCUT2D eigenvalue weighted by Gasteiger charge is -2.04. The highest BCUT2D eigenvalue weighted by Gasteiger charge is 2.06. The fraction of sp³-hybridized carbons (Fsp3) is 0.0909. The van der Waals surface area contributed by atoms with E-state index in [0.717, 1.165) is 5.56 Å². The summed E-state index contributed by atoms with van der Waals surface area (Å²) in [6.45, 7) is 0. The molecule has 1 aromatic carbocycles. The average molecular weight is 236 g/mol. The first-order chi connectivity index (χ1) is 7.75. The van der Waals surface area contributed by atoms with E-state index >= 15 is 0 Å². The number of aromatic amines is 1. The summed E-state index contributed by atoms with van der Waals surface area (Å²) in [7, 11) is 0. The van der Waals surface area contributed by atoms with E-state index in [0.29, 0.717) is 10.7 Å². The predicted molar refractivity (Wildman–Crippen MR) is 62.4 cm³/mol. The van der Waals surface area contributed by atoms with Gasteiger partial charge in [-0.05, 0) is 11.6 Å². The molecule has 0 atom stereocenters. The van der Waals surface area contributed by atoms with E-state index in [9.17, 15) is 4.79 Å². The van der Waals surface area contributed by atoms with Crippen molar-refractivity contribution < 1.29 is 4.79 Å². The van der Waals surface area contributed by atoms with Gasteiger partial charge in [-0.3, -0.25) is 9.89 Å². The minimum Gasteiger partial charge on any atom is -0.323 e. The molecule has 82 valence electrons. The monoisotopic (exact) mass is 235 g/mol. The molecule has 2 N–H and O–H groups in total.